The molecule has 0 amide bonds. The minimum Gasteiger partial charge on any atom is -0.453 e. The van der Waals surface area contributed by atoms with E-state index in [1.807, 2.05) is 0 Å². The Balaban J connectivity index is 1.12. The zero-order valence-corrected chi connectivity index (χ0v) is 43.9. The molecule has 0 bridgehead atoms. The van der Waals surface area contributed by atoms with Crippen LogP contribution in [0.25, 0.3) is 0 Å². The van der Waals surface area contributed by atoms with E-state index in [1.54, 1.807) is 0 Å². The van der Waals surface area contributed by atoms with Crippen LogP contribution in [0.15, 0.2) is 224 Å². The maximum atomic E-state index is 6.66. The van der Waals surface area contributed by atoms with E-state index in [0.717, 1.165) is 57.0 Å². The summed E-state index contributed by atoms with van der Waals surface area (Å²) in [7, 11) is 0. The molecule has 4 aliphatic heterocycles. The fourth-order valence-electron chi connectivity index (χ4n) is 13.0. The van der Waals surface area contributed by atoms with Crippen LogP contribution < -0.4 is 57.1 Å². The second-order valence-electron chi connectivity index (χ2n) is 21.8. The summed E-state index contributed by atoms with van der Waals surface area (Å²) in [5.74, 6) is 2.67. The van der Waals surface area contributed by atoms with Crippen LogP contribution in [-0.2, 0) is 0 Å². The molecule has 5 nitrogen and oxygen atoms in total. The molecule has 0 aliphatic carbocycles. The second kappa shape index (κ2) is 18.0. The molecule has 4 heterocycles. The molecule has 0 N–H and O–H groups in total. The lowest BCUT2D eigenvalue weighted by atomic mass is 9.30. The largest absolute Gasteiger partial charge is 0.453 e. The summed E-state index contributed by atoms with van der Waals surface area (Å²) in [5.41, 5.74) is 25.6. The Hall–Kier alpha value is -8.67. The van der Waals surface area contributed by atoms with Gasteiger partial charge in [-0.25, -0.2) is 0 Å². The first-order valence-electron chi connectivity index (χ1n) is 27.2. The number of rotatable bonds is 8. The fraction of sp³-hybridized carbons (Fsp3) is 0.130. The van der Waals surface area contributed by atoms with E-state index in [9.17, 15) is 0 Å². The van der Waals surface area contributed by atoms with Crippen molar-refractivity contribution < 1.29 is 4.74 Å². The van der Waals surface area contributed by atoms with Crippen molar-refractivity contribution in [3.8, 4) is 11.5 Å². The Kier molecular flexibility index (Phi) is 10.9. The highest BCUT2D eigenvalue weighted by atomic mass is 16.5. The second-order valence-corrected chi connectivity index (χ2v) is 21.8. The van der Waals surface area contributed by atoms with Gasteiger partial charge in [0.15, 0.2) is 11.5 Å². The SMILES string of the molecule is CC(C)c1cc(C(C)C)c(B2c3ccccc3N(c3ccccc3)c3cc4c(cc32)B2c3ccccc3N(c3ccccc3)c3cc(N5c6ccccc6Oc6ccccc65)cc(c32)N4c2ccccc2)c(C(C)C)c1. The molecule has 0 aromatic heterocycles. The topological polar surface area (TPSA) is 22.2 Å². The van der Waals surface area contributed by atoms with Gasteiger partial charge in [-0.15, -0.1) is 0 Å². The van der Waals surface area contributed by atoms with Crippen molar-refractivity contribution in [3.05, 3.63) is 241 Å². The summed E-state index contributed by atoms with van der Waals surface area (Å²) < 4.78 is 6.66. The van der Waals surface area contributed by atoms with Gasteiger partial charge in [-0.3, -0.25) is 0 Å². The van der Waals surface area contributed by atoms with Crippen molar-refractivity contribution in [1.82, 2.24) is 0 Å². The minimum atomic E-state index is -0.111. The van der Waals surface area contributed by atoms with Gasteiger partial charge in [-0.2, -0.15) is 0 Å². The smallest absolute Gasteiger partial charge is 0.252 e. The van der Waals surface area contributed by atoms with Gasteiger partial charge in [0.25, 0.3) is 6.71 Å². The summed E-state index contributed by atoms with van der Waals surface area (Å²) in [5, 5.41) is 0. The number of anilines is 12. The average molecular weight is 981 g/mol. The molecule has 0 radical (unpaired) electrons. The summed E-state index contributed by atoms with van der Waals surface area (Å²) in [4.78, 5) is 10.0. The van der Waals surface area contributed by atoms with Crippen LogP contribution in [-0.4, -0.2) is 13.4 Å². The van der Waals surface area contributed by atoms with Gasteiger partial charge in [0.2, 0.25) is 6.71 Å². The molecule has 76 heavy (non-hydrogen) atoms. The van der Waals surface area contributed by atoms with Crippen molar-refractivity contribution in [1.29, 1.82) is 0 Å². The first kappa shape index (κ1) is 45.9. The molecule has 10 aromatic carbocycles. The first-order valence-corrected chi connectivity index (χ1v) is 27.2. The zero-order chi connectivity index (χ0) is 51.3. The minimum absolute atomic E-state index is 0.0398. The third-order valence-electron chi connectivity index (χ3n) is 16.3. The number of nitrogens with zero attached hydrogens (tertiary/aromatic N) is 4. The molecular formula is C69H58B2N4O. The van der Waals surface area contributed by atoms with Crippen molar-refractivity contribution in [2.24, 2.45) is 0 Å². The molecule has 0 unspecified atom stereocenters. The average Bonchev–Trinajstić information content (AvgIpc) is 3.65. The highest BCUT2D eigenvalue weighted by molar-refractivity contribution is 7.02. The maximum absolute atomic E-state index is 6.66. The van der Waals surface area contributed by atoms with E-state index >= 15 is 0 Å². The molecule has 0 saturated carbocycles. The number of hydrogen-bond donors (Lipinski definition) is 0. The fourth-order valence-corrected chi connectivity index (χ4v) is 13.0. The normalized spacial score (nSPS) is 13.7. The van der Waals surface area contributed by atoms with Gasteiger partial charge in [-0.05, 0) is 153 Å². The van der Waals surface area contributed by atoms with E-state index in [2.05, 4.69) is 286 Å². The predicted molar refractivity (Wildman–Crippen MR) is 323 cm³/mol. The lowest BCUT2D eigenvalue weighted by Gasteiger charge is -2.46. The van der Waals surface area contributed by atoms with Crippen LogP contribution in [0.1, 0.15) is 76.0 Å². The molecule has 7 heteroatoms. The Morgan fingerprint density at radius 3 is 1.11 bits per heavy atom. The number of ether oxygens (including phenoxy) is 1. The highest BCUT2D eigenvalue weighted by Gasteiger charge is 2.47. The van der Waals surface area contributed by atoms with Gasteiger partial charge in [-0.1, -0.05) is 180 Å². The lowest BCUT2D eigenvalue weighted by molar-refractivity contribution is 0.477. The molecular weight excluding hydrogens is 922 g/mol. The molecule has 14 rings (SSSR count). The van der Waals surface area contributed by atoms with Crippen molar-refractivity contribution in [3.63, 3.8) is 0 Å². The third-order valence-corrected chi connectivity index (χ3v) is 16.3. The van der Waals surface area contributed by atoms with E-state index < -0.39 is 0 Å². The first-order chi connectivity index (χ1) is 37.2. The van der Waals surface area contributed by atoms with Crippen LogP contribution >= 0.6 is 0 Å². The van der Waals surface area contributed by atoms with Crippen molar-refractivity contribution >= 4 is 114 Å². The number of hydrogen-bond acceptors (Lipinski definition) is 5. The molecule has 0 spiro atoms. The number of para-hydroxylation sites is 9. The zero-order valence-electron chi connectivity index (χ0n) is 43.9. The Bertz CT molecular complexity index is 3820. The van der Waals surface area contributed by atoms with E-state index in [0.29, 0.717) is 17.8 Å². The standard InChI is InChI=1S/C69H58B2N4O/c1-44(2)47-38-52(45(3)4)68(53(39-47)46(5)6)70-54-30-16-18-32-58(54)72(48-24-10-7-11-25-48)62-43-63-57(42-56(62)70)71-55-31-17-19-33-59(55)73(49-26-12-8-13-27-49)64-40-51(41-65(69(64)71)74(63)50-28-14-9-15-29-50)75-60-34-20-22-36-66(60)76-67-37-23-21-35-61(67)75/h7-46H,1-6H3. The molecule has 0 saturated heterocycles. The van der Waals surface area contributed by atoms with E-state index in [4.69, 9.17) is 4.74 Å². The van der Waals surface area contributed by atoms with Crippen LogP contribution in [0.2, 0.25) is 0 Å². The van der Waals surface area contributed by atoms with Crippen LogP contribution in [0, 0.1) is 0 Å². The quantitative estimate of drug-likeness (QED) is 0.141. The summed E-state index contributed by atoms with van der Waals surface area (Å²) in [6.45, 7) is 14.1. The summed E-state index contributed by atoms with van der Waals surface area (Å²) in [6.07, 6.45) is 0. The number of fused-ring (bicyclic) bond motifs is 8. The summed E-state index contributed by atoms with van der Waals surface area (Å²) in [6, 6.07) is 83.4. The van der Waals surface area contributed by atoms with Crippen molar-refractivity contribution in [2.75, 3.05) is 19.6 Å². The molecule has 366 valence electrons. The van der Waals surface area contributed by atoms with Crippen LogP contribution in [0.4, 0.5) is 68.2 Å². The Morgan fingerprint density at radius 2 is 0.658 bits per heavy atom. The van der Waals surface area contributed by atoms with Crippen LogP contribution in [0.3, 0.4) is 0 Å². The molecule has 0 fully saturated rings. The highest BCUT2D eigenvalue weighted by Crippen LogP contribution is 2.54. The Labute approximate surface area is 448 Å². The number of benzene rings is 10. The van der Waals surface area contributed by atoms with Gasteiger partial charge < -0.3 is 24.3 Å². The predicted octanol–water partition coefficient (Wildman–Crippen LogP) is 15.0. The monoisotopic (exact) mass is 980 g/mol. The van der Waals surface area contributed by atoms with E-state index in [1.165, 1.54) is 72.2 Å². The van der Waals surface area contributed by atoms with Gasteiger partial charge >= 0.3 is 0 Å². The van der Waals surface area contributed by atoms with Gasteiger partial charge in [0, 0.05) is 51.2 Å². The molecule has 10 aromatic rings. The summed E-state index contributed by atoms with van der Waals surface area (Å²) >= 11 is 0. The Morgan fingerprint density at radius 1 is 0.289 bits per heavy atom. The van der Waals surface area contributed by atoms with Crippen LogP contribution in [0.5, 0.6) is 11.5 Å². The molecule has 4 aliphatic rings. The lowest BCUT2D eigenvalue weighted by Crippen LogP contribution is -2.64. The van der Waals surface area contributed by atoms with E-state index in [-0.39, 0.29) is 13.4 Å². The maximum Gasteiger partial charge on any atom is 0.252 e. The van der Waals surface area contributed by atoms with Gasteiger partial charge in [0.1, 0.15) is 0 Å². The van der Waals surface area contributed by atoms with Crippen molar-refractivity contribution in [2.45, 2.75) is 59.3 Å². The van der Waals surface area contributed by atoms with Gasteiger partial charge in [0.05, 0.1) is 17.1 Å². The molecule has 0 atom stereocenters. The third kappa shape index (κ3) is 7.09.